The number of Topliss-reactive ketones (excluding diaryl/α,β-unsaturated/α-hetero) is 1. The Morgan fingerprint density at radius 2 is 1.61 bits per heavy atom. The first-order valence-electron chi connectivity index (χ1n) is 9.66. The zero-order valence-electron chi connectivity index (χ0n) is 17.4. The SMILES string of the molecule is COc1ccc(C=C2C(=O)c3cc(O)ccc3OC2c2ccc(OC)c(OC)c2)cc1. The Morgan fingerprint density at radius 3 is 2.29 bits per heavy atom. The molecule has 0 aliphatic carbocycles. The molecule has 3 aromatic carbocycles. The summed E-state index contributed by atoms with van der Waals surface area (Å²) in [5.41, 5.74) is 2.32. The van der Waals surface area contributed by atoms with Gasteiger partial charge in [0.25, 0.3) is 0 Å². The first-order valence-corrected chi connectivity index (χ1v) is 9.66. The molecular weight excluding hydrogens is 396 g/mol. The molecular formula is C25H22O6. The van der Waals surface area contributed by atoms with E-state index in [4.69, 9.17) is 18.9 Å². The lowest BCUT2D eigenvalue weighted by Crippen LogP contribution is -2.23. The number of hydrogen-bond donors (Lipinski definition) is 1. The second-order valence-electron chi connectivity index (χ2n) is 6.99. The molecule has 0 radical (unpaired) electrons. The Morgan fingerprint density at radius 1 is 0.871 bits per heavy atom. The number of carbonyl (C=O) groups excluding carboxylic acids is 1. The monoisotopic (exact) mass is 418 g/mol. The molecule has 3 aromatic rings. The number of methoxy groups -OCH3 is 3. The second kappa shape index (κ2) is 8.44. The van der Waals surface area contributed by atoms with E-state index in [2.05, 4.69) is 0 Å². The van der Waals surface area contributed by atoms with Crippen molar-refractivity contribution in [1.82, 2.24) is 0 Å². The quantitative estimate of drug-likeness (QED) is 0.599. The van der Waals surface area contributed by atoms with Crippen LogP contribution in [0.1, 0.15) is 27.6 Å². The molecule has 1 heterocycles. The van der Waals surface area contributed by atoms with Gasteiger partial charge in [-0.1, -0.05) is 18.2 Å². The van der Waals surface area contributed by atoms with Crippen LogP contribution < -0.4 is 18.9 Å². The first-order chi connectivity index (χ1) is 15.0. The number of fused-ring (bicyclic) bond motifs is 1. The summed E-state index contributed by atoms with van der Waals surface area (Å²) in [6.45, 7) is 0. The van der Waals surface area contributed by atoms with Crippen LogP contribution >= 0.6 is 0 Å². The second-order valence-corrected chi connectivity index (χ2v) is 6.99. The number of phenolic OH excluding ortho intramolecular Hbond substituents is 1. The van der Waals surface area contributed by atoms with E-state index in [-0.39, 0.29) is 11.5 Å². The average molecular weight is 418 g/mol. The summed E-state index contributed by atoms with van der Waals surface area (Å²) in [5.74, 6) is 2.04. The van der Waals surface area contributed by atoms with Crippen LogP contribution in [0, 0.1) is 0 Å². The minimum absolute atomic E-state index is 0.00376. The van der Waals surface area contributed by atoms with Crippen LogP contribution in [0.4, 0.5) is 0 Å². The van der Waals surface area contributed by atoms with Gasteiger partial charge in [0.05, 0.1) is 26.9 Å². The van der Waals surface area contributed by atoms with Crippen molar-refractivity contribution < 1.29 is 28.8 Å². The molecule has 0 saturated carbocycles. The Labute approximate surface area is 180 Å². The molecule has 1 unspecified atom stereocenters. The van der Waals surface area contributed by atoms with Gasteiger partial charge >= 0.3 is 0 Å². The van der Waals surface area contributed by atoms with Crippen LogP contribution in [0.5, 0.6) is 28.7 Å². The highest BCUT2D eigenvalue weighted by molar-refractivity contribution is 6.14. The van der Waals surface area contributed by atoms with Crippen molar-refractivity contribution in [1.29, 1.82) is 0 Å². The normalized spacial score (nSPS) is 16.4. The third kappa shape index (κ3) is 3.92. The minimum atomic E-state index is -0.661. The average Bonchev–Trinajstić information content (AvgIpc) is 2.81. The van der Waals surface area contributed by atoms with Gasteiger partial charge in [0.15, 0.2) is 23.4 Å². The number of ketones is 1. The van der Waals surface area contributed by atoms with Gasteiger partial charge in [-0.25, -0.2) is 0 Å². The lowest BCUT2D eigenvalue weighted by atomic mass is 9.89. The van der Waals surface area contributed by atoms with Crippen LogP contribution in [-0.2, 0) is 0 Å². The van der Waals surface area contributed by atoms with Gasteiger partial charge in [0.1, 0.15) is 17.2 Å². The zero-order chi connectivity index (χ0) is 22.0. The van der Waals surface area contributed by atoms with E-state index < -0.39 is 6.10 Å². The van der Waals surface area contributed by atoms with Crippen LogP contribution in [0.3, 0.4) is 0 Å². The summed E-state index contributed by atoms with van der Waals surface area (Å²) in [7, 11) is 4.72. The molecule has 0 aromatic heterocycles. The fourth-order valence-electron chi connectivity index (χ4n) is 3.55. The largest absolute Gasteiger partial charge is 0.508 e. The molecule has 0 saturated heterocycles. The molecule has 0 fully saturated rings. The van der Waals surface area contributed by atoms with Gasteiger partial charge < -0.3 is 24.1 Å². The summed E-state index contributed by atoms with van der Waals surface area (Å²) >= 11 is 0. The van der Waals surface area contributed by atoms with Gasteiger partial charge in [0, 0.05) is 11.1 Å². The number of ether oxygens (including phenoxy) is 4. The van der Waals surface area contributed by atoms with Crippen LogP contribution in [0.2, 0.25) is 0 Å². The van der Waals surface area contributed by atoms with E-state index in [0.29, 0.717) is 28.4 Å². The summed E-state index contributed by atoms with van der Waals surface area (Å²) in [4.78, 5) is 13.4. The standard InChI is InChI=1S/C25H22O6/c1-28-18-8-4-15(5-9-18)12-20-24(27)19-14-17(26)7-11-21(19)31-25(20)16-6-10-22(29-2)23(13-16)30-3/h4-14,25-26H,1-3H3. The molecule has 0 amide bonds. The Balaban J connectivity index is 1.84. The minimum Gasteiger partial charge on any atom is -0.508 e. The molecule has 158 valence electrons. The van der Waals surface area contributed by atoms with E-state index in [1.807, 2.05) is 30.3 Å². The number of hydrogen-bond acceptors (Lipinski definition) is 6. The van der Waals surface area contributed by atoms with Gasteiger partial charge in [0.2, 0.25) is 0 Å². The molecule has 4 rings (SSSR count). The Bertz CT molecular complexity index is 1150. The van der Waals surface area contributed by atoms with Crippen molar-refractivity contribution in [3.8, 4) is 28.7 Å². The van der Waals surface area contributed by atoms with E-state index in [9.17, 15) is 9.90 Å². The number of carbonyl (C=O) groups is 1. The topological polar surface area (TPSA) is 74.2 Å². The molecule has 0 bridgehead atoms. The molecule has 1 aliphatic rings. The van der Waals surface area contributed by atoms with Gasteiger partial charge in [-0.05, 0) is 54.1 Å². The van der Waals surface area contributed by atoms with Crippen molar-refractivity contribution in [3.05, 3.63) is 82.9 Å². The lowest BCUT2D eigenvalue weighted by molar-refractivity contribution is 0.0962. The van der Waals surface area contributed by atoms with E-state index in [1.165, 1.54) is 12.1 Å². The third-order valence-corrected chi connectivity index (χ3v) is 5.15. The number of benzene rings is 3. The van der Waals surface area contributed by atoms with Crippen molar-refractivity contribution in [2.75, 3.05) is 21.3 Å². The summed E-state index contributed by atoms with van der Waals surface area (Å²) in [5, 5.41) is 9.88. The lowest BCUT2D eigenvalue weighted by Gasteiger charge is -2.28. The maximum atomic E-state index is 13.4. The van der Waals surface area contributed by atoms with E-state index in [0.717, 1.165) is 16.9 Å². The van der Waals surface area contributed by atoms with Crippen LogP contribution in [-0.4, -0.2) is 32.2 Å². The Hall–Kier alpha value is -3.93. The zero-order valence-corrected chi connectivity index (χ0v) is 17.4. The molecule has 6 heteroatoms. The first kappa shape index (κ1) is 20.3. The van der Waals surface area contributed by atoms with Crippen molar-refractivity contribution >= 4 is 11.9 Å². The van der Waals surface area contributed by atoms with Crippen LogP contribution in [0.25, 0.3) is 6.08 Å². The summed E-state index contributed by atoms with van der Waals surface area (Å²) < 4.78 is 22.2. The van der Waals surface area contributed by atoms with E-state index >= 15 is 0 Å². The van der Waals surface area contributed by atoms with Crippen LogP contribution in [0.15, 0.2) is 66.2 Å². The fraction of sp³-hybridized carbons (Fsp3) is 0.160. The maximum absolute atomic E-state index is 13.4. The van der Waals surface area contributed by atoms with Crippen molar-refractivity contribution in [2.24, 2.45) is 0 Å². The number of aromatic hydroxyl groups is 1. The molecule has 1 atom stereocenters. The van der Waals surface area contributed by atoms with Gasteiger partial charge in [-0.3, -0.25) is 4.79 Å². The molecule has 31 heavy (non-hydrogen) atoms. The van der Waals surface area contributed by atoms with Gasteiger partial charge in [-0.2, -0.15) is 0 Å². The summed E-state index contributed by atoms with van der Waals surface area (Å²) in [6, 6.07) is 17.3. The number of rotatable bonds is 5. The summed E-state index contributed by atoms with van der Waals surface area (Å²) in [6.07, 6.45) is 1.13. The number of phenols is 1. The fourth-order valence-corrected chi connectivity index (χ4v) is 3.55. The van der Waals surface area contributed by atoms with E-state index in [1.54, 1.807) is 45.6 Å². The molecule has 6 nitrogen and oxygen atoms in total. The van der Waals surface area contributed by atoms with Crippen molar-refractivity contribution in [2.45, 2.75) is 6.10 Å². The Kier molecular flexibility index (Phi) is 5.54. The van der Waals surface area contributed by atoms with Crippen molar-refractivity contribution in [3.63, 3.8) is 0 Å². The highest BCUT2D eigenvalue weighted by Crippen LogP contribution is 2.42. The third-order valence-electron chi connectivity index (χ3n) is 5.15. The molecule has 1 aliphatic heterocycles. The highest BCUT2D eigenvalue weighted by Gasteiger charge is 2.33. The predicted octanol–water partition coefficient (Wildman–Crippen LogP) is 4.82. The maximum Gasteiger partial charge on any atom is 0.196 e. The smallest absolute Gasteiger partial charge is 0.196 e. The van der Waals surface area contributed by atoms with Gasteiger partial charge in [-0.15, -0.1) is 0 Å². The molecule has 0 spiro atoms. The predicted molar refractivity (Wildman–Crippen MR) is 116 cm³/mol. The highest BCUT2D eigenvalue weighted by atomic mass is 16.5. The molecule has 1 N–H and O–H groups in total.